The molecule has 0 saturated carbocycles. The summed E-state index contributed by atoms with van der Waals surface area (Å²) in [7, 11) is 0. The van der Waals surface area contributed by atoms with E-state index >= 15 is 0 Å². The molecule has 0 spiro atoms. The van der Waals surface area contributed by atoms with Crippen molar-refractivity contribution in [2.75, 3.05) is 19.8 Å². The van der Waals surface area contributed by atoms with Crippen molar-refractivity contribution in [1.82, 2.24) is 4.90 Å². The minimum absolute atomic E-state index is 0.0555. The Morgan fingerprint density at radius 3 is 2.39 bits per heavy atom. The van der Waals surface area contributed by atoms with E-state index in [1.807, 2.05) is 91.9 Å². The van der Waals surface area contributed by atoms with Crippen LogP contribution in [0.2, 0.25) is 0 Å². The van der Waals surface area contributed by atoms with Gasteiger partial charge in [-0.15, -0.1) is 0 Å². The van der Waals surface area contributed by atoms with Crippen LogP contribution in [0.15, 0.2) is 95.4 Å². The third-order valence-corrected chi connectivity index (χ3v) is 7.84. The fraction of sp³-hybridized carbons (Fsp3) is 0.306. The first-order chi connectivity index (χ1) is 21.4. The highest BCUT2D eigenvalue weighted by Crippen LogP contribution is 2.35. The Morgan fingerprint density at radius 2 is 1.68 bits per heavy atom. The highest BCUT2D eigenvalue weighted by molar-refractivity contribution is 6.12. The summed E-state index contributed by atoms with van der Waals surface area (Å²) in [6.07, 6.45) is -0.213. The molecule has 1 N–H and O–H groups in total. The van der Waals surface area contributed by atoms with Gasteiger partial charge in [-0.25, -0.2) is 9.69 Å². The number of amides is 2. The van der Waals surface area contributed by atoms with Crippen LogP contribution in [-0.2, 0) is 27.1 Å². The lowest BCUT2D eigenvalue weighted by atomic mass is 9.91. The largest absolute Gasteiger partial charge is 0.457 e. The molecule has 8 heteroatoms. The molecule has 3 aromatic carbocycles. The van der Waals surface area contributed by atoms with Crippen molar-refractivity contribution in [3.05, 3.63) is 119 Å². The average Bonchev–Trinajstić information content (AvgIpc) is 3.60. The first-order valence-corrected chi connectivity index (χ1v) is 14.9. The number of nitrogens with zero attached hydrogens (tertiary/aromatic N) is 1. The fourth-order valence-corrected chi connectivity index (χ4v) is 5.62. The van der Waals surface area contributed by atoms with Crippen molar-refractivity contribution in [1.29, 1.82) is 0 Å². The number of imide groups is 1. The number of Topliss-reactive ketones (excluding diaryl/α,β-unsaturated/α-hetero) is 1. The number of ketones is 1. The summed E-state index contributed by atoms with van der Waals surface area (Å²) in [5.74, 6) is -1.67. The topological polar surface area (TPSA) is 106 Å². The van der Waals surface area contributed by atoms with E-state index in [2.05, 4.69) is 0 Å². The number of aliphatic hydroxyl groups excluding tert-OH is 1. The Morgan fingerprint density at radius 1 is 0.955 bits per heavy atom. The van der Waals surface area contributed by atoms with Crippen LogP contribution in [0.4, 0.5) is 4.79 Å². The van der Waals surface area contributed by atoms with E-state index in [1.165, 1.54) is 0 Å². The first-order valence-electron chi connectivity index (χ1n) is 14.9. The van der Waals surface area contributed by atoms with Gasteiger partial charge in [-0.2, -0.15) is 0 Å². The molecule has 1 aliphatic heterocycles. The zero-order valence-electron chi connectivity index (χ0n) is 25.0. The van der Waals surface area contributed by atoms with Gasteiger partial charge >= 0.3 is 6.09 Å². The minimum Gasteiger partial charge on any atom is -0.457 e. The van der Waals surface area contributed by atoms with Gasteiger partial charge in [0.1, 0.15) is 17.8 Å². The van der Waals surface area contributed by atoms with Gasteiger partial charge in [-0.05, 0) is 49.4 Å². The summed E-state index contributed by atoms with van der Waals surface area (Å²) in [4.78, 5) is 42.6. The van der Waals surface area contributed by atoms with E-state index in [4.69, 9.17) is 19.0 Å². The van der Waals surface area contributed by atoms with Gasteiger partial charge in [0.25, 0.3) is 0 Å². The number of furan rings is 1. The number of hydrogen-bond donors (Lipinski definition) is 1. The van der Waals surface area contributed by atoms with Gasteiger partial charge < -0.3 is 19.0 Å². The molecule has 1 aliphatic rings. The normalized spacial score (nSPS) is 17.0. The molecule has 0 radical (unpaired) electrons. The predicted molar refractivity (Wildman–Crippen MR) is 165 cm³/mol. The number of carbonyl (C=O) groups is 3. The molecule has 44 heavy (non-hydrogen) atoms. The summed E-state index contributed by atoms with van der Waals surface area (Å²) >= 11 is 0. The molecular weight excluding hydrogens is 558 g/mol. The van der Waals surface area contributed by atoms with Crippen LogP contribution in [0.3, 0.4) is 0 Å². The van der Waals surface area contributed by atoms with Gasteiger partial charge in [0, 0.05) is 18.6 Å². The molecule has 1 fully saturated rings. The van der Waals surface area contributed by atoms with Gasteiger partial charge in [0.15, 0.2) is 5.76 Å². The van der Waals surface area contributed by atoms with Crippen LogP contribution in [-0.4, -0.2) is 53.7 Å². The van der Waals surface area contributed by atoms with Crippen molar-refractivity contribution in [2.24, 2.45) is 5.92 Å². The smallest absolute Gasteiger partial charge is 0.417 e. The highest BCUT2D eigenvalue weighted by atomic mass is 16.6. The van der Waals surface area contributed by atoms with Crippen LogP contribution in [0, 0.1) is 12.8 Å². The predicted octanol–water partition coefficient (Wildman–Crippen LogP) is 6.35. The molecule has 8 nitrogen and oxygen atoms in total. The number of hydrogen-bond acceptors (Lipinski definition) is 7. The second kappa shape index (κ2) is 14.3. The Kier molecular flexibility index (Phi) is 10.0. The van der Waals surface area contributed by atoms with Gasteiger partial charge in [-0.1, -0.05) is 90.5 Å². The fourth-order valence-electron chi connectivity index (χ4n) is 5.62. The van der Waals surface area contributed by atoms with Crippen molar-refractivity contribution in [3.63, 3.8) is 0 Å². The van der Waals surface area contributed by atoms with E-state index in [9.17, 15) is 14.4 Å². The van der Waals surface area contributed by atoms with Gasteiger partial charge in [-0.3, -0.25) is 9.59 Å². The van der Waals surface area contributed by atoms with E-state index in [0.29, 0.717) is 25.2 Å². The summed E-state index contributed by atoms with van der Waals surface area (Å²) < 4.78 is 17.3. The SMILES string of the molecule is Cc1cccc(-c2cc(C(=O)[C@@H](Cc3ccccc3)C(=O)N3C(=O)O[C@H](c4ccccc4)[C@@H]3C)oc2CCCOCCO)c1. The molecule has 0 unspecified atom stereocenters. The monoisotopic (exact) mass is 595 g/mol. The Labute approximate surface area is 257 Å². The number of rotatable bonds is 13. The van der Waals surface area contributed by atoms with Crippen LogP contribution in [0.25, 0.3) is 11.1 Å². The molecule has 2 heterocycles. The second-order valence-electron chi connectivity index (χ2n) is 11.0. The molecule has 2 amide bonds. The maximum Gasteiger partial charge on any atom is 0.417 e. The number of aliphatic hydroxyl groups is 1. The molecule has 5 rings (SSSR count). The molecule has 3 atom stereocenters. The quantitative estimate of drug-likeness (QED) is 0.109. The summed E-state index contributed by atoms with van der Waals surface area (Å²) in [5.41, 5.74) is 4.28. The Balaban J connectivity index is 1.47. The van der Waals surface area contributed by atoms with Crippen LogP contribution in [0.5, 0.6) is 0 Å². The van der Waals surface area contributed by atoms with Crippen molar-refractivity contribution < 1.29 is 33.4 Å². The molecule has 4 aromatic rings. The van der Waals surface area contributed by atoms with Gasteiger partial charge in [0.2, 0.25) is 11.7 Å². The van der Waals surface area contributed by atoms with Crippen molar-refractivity contribution >= 4 is 17.8 Å². The summed E-state index contributed by atoms with van der Waals surface area (Å²) in [6.45, 7) is 4.36. The Bertz CT molecular complexity index is 1580. The molecular formula is C36H37NO7. The molecule has 1 saturated heterocycles. The number of cyclic esters (lactones) is 1. The van der Waals surface area contributed by atoms with Crippen LogP contribution >= 0.6 is 0 Å². The summed E-state index contributed by atoms with van der Waals surface area (Å²) in [5, 5.41) is 9.01. The Hall–Kier alpha value is -4.53. The summed E-state index contributed by atoms with van der Waals surface area (Å²) in [6, 6.07) is 27.5. The molecule has 0 aliphatic carbocycles. The van der Waals surface area contributed by atoms with Crippen molar-refractivity contribution in [2.45, 2.75) is 45.3 Å². The maximum atomic E-state index is 14.2. The average molecular weight is 596 g/mol. The number of benzene rings is 3. The zero-order chi connectivity index (χ0) is 31.1. The second-order valence-corrected chi connectivity index (χ2v) is 11.0. The zero-order valence-corrected chi connectivity index (χ0v) is 25.0. The van der Waals surface area contributed by atoms with E-state index in [-0.39, 0.29) is 25.4 Å². The van der Waals surface area contributed by atoms with Crippen LogP contribution in [0.1, 0.15) is 52.5 Å². The van der Waals surface area contributed by atoms with Gasteiger partial charge in [0.05, 0.1) is 19.3 Å². The maximum absolute atomic E-state index is 14.2. The lowest BCUT2D eigenvalue weighted by Gasteiger charge is -2.23. The van der Waals surface area contributed by atoms with E-state index in [1.54, 1.807) is 13.0 Å². The number of carbonyl (C=O) groups excluding carboxylic acids is 3. The number of ether oxygens (including phenoxy) is 2. The highest BCUT2D eigenvalue weighted by Gasteiger charge is 2.47. The lowest BCUT2D eigenvalue weighted by Crippen LogP contribution is -2.44. The standard InChI is InChI=1S/C36H37NO7/c1-24-11-9-16-28(21-24)29-23-32(43-31(29)17-10-19-42-20-18-38)33(39)30(22-26-12-5-3-6-13-26)35(40)37-25(2)34(44-36(37)41)27-14-7-4-8-15-27/h3-9,11-16,21,23,25,30,34,38H,10,17-20,22H2,1-2H3/t25-,30+,34-/m0/s1. The molecule has 228 valence electrons. The van der Waals surface area contributed by atoms with Crippen LogP contribution < -0.4 is 0 Å². The minimum atomic E-state index is -1.21. The third-order valence-electron chi connectivity index (χ3n) is 7.84. The lowest BCUT2D eigenvalue weighted by molar-refractivity contribution is -0.131. The third kappa shape index (κ3) is 6.98. The first kappa shape index (κ1) is 30.9. The van der Waals surface area contributed by atoms with E-state index < -0.39 is 35.8 Å². The van der Waals surface area contributed by atoms with Crippen molar-refractivity contribution in [3.8, 4) is 11.1 Å². The van der Waals surface area contributed by atoms with E-state index in [0.717, 1.165) is 32.7 Å². The molecule has 0 bridgehead atoms. The number of aryl methyl sites for hydroxylation is 2. The molecule has 1 aromatic heterocycles.